The predicted octanol–water partition coefficient (Wildman–Crippen LogP) is 13.8. The van der Waals surface area contributed by atoms with Gasteiger partial charge in [0, 0.05) is 6.42 Å². The van der Waals surface area contributed by atoms with Gasteiger partial charge >= 0.3 is 0 Å². The Balaban J connectivity index is 2.22. The zero-order valence-electron chi connectivity index (χ0n) is 43.2. The average Bonchev–Trinajstić information content (AvgIpc) is 3.32. The number of nitrogens with one attached hydrogen (secondary N) is 1. The van der Waals surface area contributed by atoms with Crippen LogP contribution in [0.4, 0.5) is 0 Å². The Bertz CT molecular complexity index is 1090. The van der Waals surface area contributed by atoms with E-state index in [4.69, 9.17) is 9.47 Å². The maximum Gasteiger partial charge on any atom is 0.220 e. The van der Waals surface area contributed by atoms with Crippen LogP contribution in [0.3, 0.4) is 0 Å². The highest BCUT2D eigenvalue weighted by Crippen LogP contribution is 2.23. The lowest BCUT2D eigenvalue weighted by atomic mass is 9.99. The van der Waals surface area contributed by atoms with E-state index in [-0.39, 0.29) is 12.5 Å². The number of amides is 1. The summed E-state index contributed by atoms with van der Waals surface area (Å²) in [7, 11) is 0. The molecule has 66 heavy (non-hydrogen) atoms. The van der Waals surface area contributed by atoms with Crippen LogP contribution in [-0.4, -0.2) is 87.5 Å². The molecular weight excluding hydrogens is 827 g/mol. The normalized spacial score (nSPS) is 19.9. The molecule has 1 aliphatic heterocycles. The van der Waals surface area contributed by atoms with E-state index in [1.54, 1.807) is 6.08 Å². The summed E-state index contributed by atoms with van der Waals surface area (Å²) >= 11 is 0. The van der Waals surface area contributed by atoms with Crippen molar-refractivity contribution in [2.45, 2.75) is 320 Å². The zero-order valence-corrected chi connectivity index (χ0v) is 43.2. The van der Waals surface area contributed by atoms with Crippen LogP contribution in [-0.2, 0) is 14.3 Å². The number of ether oxygens (including phenoxy) is 2. The van der Waals surface area contributed by atoms with E-state index in [9.17, 15) is 30.3 Å². The lowest BCUT2D eigenvalue weighted by Gasteiger charge is -2.40. The van der Waals surface area contributed by atoms with Crippen molar-refractivity contribution in [3.05, 3.63) is 24.3 Å². The molecule has 7 atom stereocenters. The number of rotatable bonds is 49. The maximum absolute atomic E-state index is 13.0. The highest BCUT2D eigenvalue weighted by Gasteiger charge is 2.44. The fraction of sp³-hybridized carbons (Fsp3) is 0.912. The summed E-state index contributed by atoms with van der Waals surface area (Å²) in [6, 6.07) is -0.805. The molecule has 6 N–H and O–H groups in total. The molecule has 0 aliphatic carbocycles. The molecule has 1 rings (SSSR count). The summed E-state index contributed by atoms with van der Waals surface area (Å²) in [5, 5.41) is 54.5. The first-order valence-corrected chi connectivity index (χ1v) is 28.6. The number of hydrogen-bond acceptors (Lipinski definition) is 8. The minimum atomic E-state index is -1.57. The quantitative estimate of drug-likeness (QED) is 0.0261. The van der Waals surface area contributed by atoms with Crippen LogP contribution in [0.1, 0.15) is 277 Å². The molecule has 1 aliphatic rings. The fourth-order valence-corrected chi connectivity index (χ4v) is 9.21. The van der Waals surface area contributed by atoms with E-state index in [0.29, 0.717) is 6.42 Å². The molecule has 0 saturated carbocycles. The number of hydrogen-bond donors (Lipinski definition) is 6. The molecule has 1 fully saturated rings. The highest BCUT2D eigenvalue weighted by molar-refractivity contribution is 5.76. The van der Waals surface area contributed by atoms with E-state index in [0.717, 1.165) is 44.9 Å². The van der Waals surface area contributed by atoms with E-state index in [1.165, 1.54) is 212 Å². The van der Waals surface area contributed by atoms with Gasteiger partial charge in [-0.1, -0.05) is 250 Å². The lowest BCUT2D eigenvalue weighted by molar-refractivity contribution is -0.302. The zero-order chi connectivity index (χ0) is 48.0. The van der Waals surface area contributed by atoms with Gasteiger partial charge in [0.2, 0.25) is 5.91 Å². The molecule has 9 nitrogen and oxygen atoms in total. The molecule has 390 valence electrons. The Morgan fingerprint density at radius 1 is 0.500 bits per heavy atom. The van der Waals surface area contributed by atoms with Crippen molar-refractivity contribution in [1.29, 1.82) is 0 Å². The monoisotopic (exact) mass is 936 g/mol. The van der Waals surface area contributed by atoms with Gasteiger partial charge in [0.15, 0.2) is 6.29 Å². The number of aliphatic hydroxyl groups excluding tert-OH is 5. The molecule has 0 spiro atoms. The van der Waals surface area contributed by atoms with Crippen LogP contribution >= 0.6 is 0 Å². The summed E-state index contributed by atoms with van der Waals surface area (Å²) in [6.07, 6.45) is 52.4. The van der Waals surface area contributed by atoms with Crippen molar-refractivity contribution in [1.82, 2.24) is 5.32 Å². The molecule has 0 aromatic heterocycles. The minimum Gasteiger partial charge on any atom is -0.394 e. The van der Waals surface area contributed by atoms with E-state index in [2.05, 4.69) is 31.3 Å². The number of carbonyl (C=O) groups excluding carboxylic acids is 1. The highest BCUT2D eigenvalue weighted by atomic mass is 16.7. The second kappa shape index (κ2) is 47.4. The molecule has 0 aromatic rings. The Morgan fingerprint density at radius 2 is 0.848 bits per heavy atom. The van der Waals surface area contributed by atoms with Crippen LogP contribution in [0, 0.1) is 0 Å². The van der Waals surface area contributed by atoms with Gasteiger partial charge in [-0.05, 0) is 44.9 Å². The number of unbranched alkanes of at least 4 members (excludes halogenated alkanes) is 37. The van der Waals surface area contributed by atoms with Crippen molar-refractivity contribution in [3.63, 3.8) is 0 Å². The average molecular weight is 936 g/mol. The molecule has 1 saturated heterocycles. The third kappa shape index (κ3) is 36.6. The van der Waals surface area contributed by atoms with Gasteiger partial charge in [-0.3, -0.25) is 4.79 Å². The Hall–Kier alpha value is -1.33. The molecule has 0 radical (unpaired) electrons. The standard InChI is InChI=1S/C57H109NO8/c1-3-5-7-9-11-13-15-17-19-21-22-23-24-25-26-27-28-29-31-32-34-36-38-40-42-44-46-51(60)50(49-65-57-56(64)55(63)54(62)52(48-59)66-57)58-53(61)47-45-43-41-39-37-35-33-30-20-18-16-14-12-10-8-6-4-2/h18,20,44,46,50-52,54-57,59-60,62-64H,3-17,19,21-43,45,47-49H2,1-2H3,(H,58,61)/b20-18-,46-44+. The van der Waals surface area contributed by atoms with Crippen molar-refractivity contribution in [3.8, 4) is 0 Å². The van der Waals surface area contributed by atoms with Crippen LogP contribution in [0.5, 0.6) is 0 Å². The predicted molar refractivity (Wildman–Crippen MR) is 277 cm³/mol. The molecule has 7 unspecified atom stereocenters. The fourth-order valence-electron chi connectivity index (χ4n) is 9.21. The first kappa shape index (κ1) is 62.7. The van der Waals surface area contributed by atoms with Gasteiger partial charge < -0.3 is 40.3 Å². The maximum atomic E-state index is 13.0. The third-order valence-electron chi connectivity index (χ3n) is 13.8. The topological polar surface area (TPSA) is 149 Å². The van der Waals surface area contributed by atoms with Crippen LogP contribution < -0.4 is 5.32 Å². The molecule has 1 amide bonds. The second-order valence-corrected chi connectivity index (χ2v) is 20.1. The Labute approximate surface area is 407 Å². The van der Waals surface area contributed by atoms with Gasteiger partial charge in [0.05, 0.1) is 25.4 Å². The summed E-state index contributed by atoms with van der Waals surface area (Å²) in [5.41, 5.74) is 0. The molecule has 1 heterocycles. The Morgan fingerprint density at radius 3 is 1.23 bits per heavy atom. The number of carbonyl (C=O) groups is 1. The van der Waals surface area contributed by atoms with E-state index < -0.39 is 49.5 Å². The van der Waals surface area contributed by atoms with Crippen LogP contribution in [0.15, 0.2) is 24.3 Å². The smallest absolute Gasteiger partial charge is 0.220 e. The second-order valence-electron chi connectivity index (χ2n) is 20.1. The minimum absolute atomic E-state index is 0.178. The summed E-state index contributed by atoms with van der Waals surface area (Å²) in [4.78, 5) is 13.0. The van der Waals surface area contributed by atoms with Crippen LogP contribution in [0.25, 0.3) is 0 Å². The summed E-state index contributed by atoms with van der Waals surface area (Å²) in [6.45, 7) is 3.80. The van der Waals surface area contributed by atoms with Gasteiger partial charge in [0.25, 0.3) is 0 Å². The van der Waals surface area contributed by atoms with Gasteiger partial charge in [-0.15, -0.1) is 0 Å². The van der Waals surface area contributed by atoms with Crippen molar-refractivity contribution < 1.29 is 39.8 Å². The van der Waals surface area contributed by atoms with E-state index in [1.807, 2.05) is 6.08 Å². The molecule has 9 heteroatoms. The van der Waals surface area contributed by atoms with Gasteiger partial charge in [-0.2, -0.15) is 0 Å². The summed E-state index contributed by atoms with van der Waals surface area (Å²) < 4.78 is 11.3. The van der Waals surface area contributed by atoms with Crippen molar-refractivity contribution >= 4 is 5.91 Å². The third-order valence-corrected chi connectivity index (χ3v) is 13.8. The van der Waals surface area contributed by atoms with Gasteiger partial charge in [-0.25, -0.2) is 0 Å². The van der Waals surface area contributed by atoms with Crippen molar-refractivity contribution in [2.24, 2.45) is 0 Å². The summed E-state index contributed by atoms with van der Waals surface area (Å²) in [5.74, 6) is -0.178. The molecular formula is C57H109NO8. The number of allylic oxidation sites excluding steroid dienone is 3. The van der Waals surface area contributed by atoms with E-state index >= 15 is 0 Å². The first-order chi connectivity index (χ1) is 32.3. The number of aliphatic hydroxyl groups is 5. The molecule has 0 aromatic carbocycles. The van der Waals surface area contributed by atoms with Gasteiger partial charge in [0.1, 0.15) is 24.4 Å². The van der Waals surface area contributed by atoms with Crippen LogP contribution in [0.2, 0.25) is 0 Å². The Kier molecular flexibility index (Phi) is 45.0. The lowest BCUT2D eigenvalue weighted by Crippen LogP contribution is -2.60. The largest absolute Gasteiger partial charge is 0.394 e. The van der Waals surface area contributed by atoms with Crippen molar-refractivity contribution in [2.75, 3.05) is 13.2 Å². The SMILES string of the molecule is CCCCCCCC/C=C\CCCCCCCCCC(=O)NC(COC1OC(CO)C(O)C(O)C1O)C(O)/C=C/CCCCCCCCCCCCCCCCCCCCCCCCCC. The first-order valence-electron chi connectivity index (χ1n) is 28.6. The molecule has 0 bridgehead atoms.